The maximum atomic E-state index is 12.5. The summed E-state index contributed by atoms with van der Waals surface area (Å²) >= 11 is 6.01. The van der Waals surface area contributed by atoms with Crippen LogP contribution in [0.25, 0.3) is 11.5 Å². The van der Waals surface area contributed by atoms with Crippen LogP contribution in [0.3, 0.4) is 0 Å². The number of amides is 1. The molecule has 0 bridgehead atoms. The second-order valence-corrected chi connectivity index (χ2v) is 6.92. The van der Waals surface area contributed by atoms with Crippen molar-refractivity contribution in [2.45, 2.75) is 19.3 Å². The number of nitriles is 1. The Balaban J connectivity index is 1.56. The quantitative estimate of drug-likeness (QED) is 0.685. The van der Waals surface area contributed by atoms with Gasteiger partial charge in [-0.2, -0.15) is 10.2 Å². The third-order valence-electron chi connectivity index (χ3n) is 4.64. The predicted octanol–water partition coefficient (Wildman–Crippen LogP) is 4.09. The molecule has 2 aromatic carbocycles. The molecule has 4 rings (SSSR count). The summed E-state index contributed by atoms with van der Waals surface area (Å²) in [4.78, 5) is 18.7. The third-order valence-corrected chi connectivity index (χ3v) is 4.88. The van der Waals surface area contributed by atoms with Gasteiger partial charge < -0.3 is 9.42 Å². The van der Waals surface area contributed by atoms with Crippen LogP contribution in [0.15, 0.2) is 47.0 Å². The molecule has 0 saturated carbocycles. The summed E-state index contributed by atoms with van der Waals surface area (Å²) in [6, 6.07) is 14.5. The average molecular weight is 379 g/mol. The van der Waals surface area contributed by atoms with Gasteiger partial charge >= 0.3 is 0 Å². The van der Waals surface area contributed by atoms with Gasteiger partial charge in [0.15, 0.2) is 5.82 Å². The summed E-state index contributed by atoms with van der Waals surface area (Å²) in [6.07, 6.45) is 0.328. The van der Waals surface area contributed by atoms with Gasteiger partial charge in [0.1, 0.15) is 0 Å². The van der Waals surface area contributed by atoms with Crippen molar-refractivity contribution in [2.75, 3.05) is 11.4 Å². The van der Waals surface area contributed by atoms with Crippen LogP contribution in [0.4, 0.5) is 5.69 Å². The summed E-state index contributed by atoms with van der Waals surface area (Å²) in [5, 5.41) is 13.6. The van der Waals surface area contributed by atoms with E-state index in [9.17, 15) is 4.79 Å². The number of carbonyl (C=O) groups is 1. The molecule has 1 saturated heterocycles. The third kappa shape index (κ3) is 3.29. The number of anilines is 1. The zero-order chi connectivity index (χ0) is 19.0. The van der Waals surface area contributed by atoms with Crippen LogP contribution in [0, 0.1) is 18.3 Å². The number of carbonyl (C=O) groups excluding carboxylic acids is 1. The van der Waals surface area contributed by atoms with Gasteiger partial charge in [-0.25, -0.2) is 0 Å². The lowest BCUT2D eigenvalue weighted by atomic mass is 10.1. The lowest BCUT2D eigenvalue weighted by Gasteiger charge is -2.18. The van der Waals surface area contributed by atoms with E-state index in [1.807, 2.05) is 19.1 Å². The first-order valence-electron chi connectivity index (χ1n) is 8.46. The molecular weight excluding hydrogens is 364 g/mol. The number of aryl methyl sites for hydroxylation is 1. The van der Waals surface area contributed by atoms with Crippen LogP contribution in [-0.2, 0) is 4.79 Å². The zero-order valence-electron chi connectivity index (χ0n) is 14.5. The van der Waals surface area contributed by atoms with E-state index in [-0.39, 0.29) is 11.8 Å². The molecular formula is C20H15ClN4O2. The average Bonchev–Trinajstić information content (AvgIpc) is 3.29. The van der Waals surface area contributed by atoms with E-state index in [0.717, 1.165) is 16.8 Å². The van der Waals surface area contributed by atoms with Crippen LogP contribution < -0.4 is 4.90 Å². The molecule has 3 aromatic rings. The second-order valence-electron chi connectivity index (χ2n) is 6.48. The summed E-state index contributed by atoms with van der Waals surface area (Å²) in [5.41, 5.74) is 3.10. The molecule has 6 nitrogen and oxygen atoms in total. The van der Waals surface area contributed by atoms with Crippen molar-refractivity contribution in [3.8, 4) is 17.5 Å². The first-order valence-corrected chi connectivity index (χ1v) is 8.83. The zero-order valence-corrected chi connectivity index (χ0v) is 15.3. The standard InChI is InChI=1S/C20H15ClN4O2/c1-12-8-16(21)6-7-17(12)25-11-15(9-18(25)26)19-23-20(27-24-19)14-4-2-13(10-22)3-5-14/h2-8,15H,9,11H2,1H3. The number of rotatable bonds is 3. The molecule has 0 aliphatic carbocycles. The van der Waals surface area contributed by atoms with E-state index in [1.54, 1.807) is 35.2 Å². The van der Waals surface area contributed by atoms with Crippen LogP contribution >= 0.6 is 11.6 Å². The Morgan fingerprint density at radius 2 is 2.04 bits per heavy atom. The number of hydrogen-bond donors (Lipinski definition) is 0. The van der Waals surface area contributed by atoms with Crippen LogP contribution in [0.2, 0.25) is 5.02 Å². The van der Waals surface area contributed by atoms with Gasteiger partial charge in [-0.1, -0.05) is 16.8 Å². The SMILES string of the molecule is Cc1cc(Cl)ccc1N1CC(c2noc(-c3ccc(C#N)cc3)n2)CC1=O. The van der Waals surface area contributed by atoms with Gasteiger partial charge in [-0.15, -0.1) is 0 Å². The predicted molar refractivity (Wildman–Crippen MR) is 100 cm³/mol. The molecule has 7 heteroatoms. The van der Waals surface area contributed by atoms with E-state index in [2.05, 4.69) is 16.2 Å². The van der Waals surface area contributed by atoms with Gasteiger partial charge in [0.2, 0.25) is 5.91 Å². The Kier molecular flexibility index (Phi) is 4.38. The minimum atomic E-state index is -0.136. The highest BCUT2D eigenvalue weighted by Crippen LogP contribution is 2.33. The maximum absolute atomic E-state index is 12.5. The minimum absolute atomic E-state index is 0.0233. The Bertz CT molecular complexity index is 1050. The number of aromatic nitrogens is 2. The van der Waals surface area contributed by atoms with Crippen molar-refractivity contribution in [2.24, 2.45) is 0 Å². The summed E-state index contributed by atoms with van der Waals surface area (Å²) in [7, 11) is 0. The van der Waals surface area contributed by atoms with E-state index in [4.69, 9.17) is 21.4 Å². The Hall–Kier alpha value is -3.17. The number of benzene rings is 2. The van der Waals surface area contributed by atoms with E-state index in [0.29, 0.717) is 35.3 Å². The topological polar surface area (TPSA) is 83.0 Å². The van der Waals surface area contributed by atoms with E-state index in [1.165, 1.54) is 0 Å². The molecule has 0 N–H and O–H groups in total. The molecule has 1 unspecified atom stereocenters. The molecule has 1 aromatic heterocycles. The molecule has 2 heterocycles. The molecule has 1 amide bonds. The molecule has 0 spiro atoms. The van der Waals surface area contributed by atoms with Crippen molar-refractivity contribution in [1.29, 1.82) is 5.26 Å². The van der Waals surface area contributed by atoms with Crippen molar-refractivity contribution >= 4 is 23.2 Å². The molecule has 1 aliphatic rings. The van der Waals surface area contributed by atoms with Gasteiger partial charge in [0.25, 0.3) is 5.89 Å². The number of nitrogens with zero attached hydrogens (tertiary/aromatic N) is 4. The van der Waals surface area contributed by atoms with Gasteiger partial charge in [-0.05, 0) is 55.0 Å². The van der Waals surface area contributed by atoms with Crippen molar-refractivity contribution in [1.82, 2.24) is 10.1 Å². The molecule has 1 fully saturated rings. The van der Waals surface area contributed by atoms with Crippen LogP contribution in [0.1, 0.15) is 29.3 Å². The first-order chi connectivity index (χ1) is 13.0. The second kappa shape index (κ2) is 6.86. The lowest BCUT2D eigenvalue weighted by molar-refractivity contribution is -0.117. The highest BCUT2D eigenvalue weighted by molar-refractivity contribution is 6.30. The summed E-state index contributed by atoms with van der Waals surface area (Å²) in [5.74, 6) is 0.776. The Morgan fingerprint density at radius 3 is 2.74 bits per heavy atom. The maximum Gasteiger partial charge on any atom is 0.257 e. The van der Waals surface area contributed by atoms with E-state index >= 15 is 0 Å². The van der Waals surface area contributed by atoms with Crippen molar-refractivity contribution in [3.63, 3.8) is 0 Å². The fourth-order valence-corrected chi connectivity index (χ4v) is 3.47. The van der Waals surface area contributed by atoms with Crippen LogP contribution in [0.5, 0.6) is 0 Å². The fourth-order valence-electron chi connectivity index (χ4n) is 3.24. The van der Waals surface area contributed by atoms with Crippen LogP contribution in [-0.4, -0.2) is 22.6 Å². The normalized spacial score (nSPS) is 16.6. The lowest BCUT2D eigenvalue weighted by Crippen LogP contribution is -2.25. The molecule has 0 radical (unpaired) electrons. The van der Waals surface area contributed by atoms with Gasteiger partial charge in [0, 0.05) is 35.2 Å². The van der Waals surface area contributed by atoms with E-state index < -0.39 is 0 Å². The summed E-state index contributed by atoms with van der Waals surface area (Å²) < 4.78 is 5.36. The fraction of sp³-hybridized carbons (Fsp3) is 0.200. The first kappa shape index (κ1) is 17.3. The molecule has 1 aliphatic heterocycles. The van der Waals surface area contributed by atoms with Gasteiger partial charge in [0.05, 0.1) is 11.6 Å². The van der Waals surface area contributed by atoms with Crippen molar-refractivity contribution < 1.29 is 9.32 Å². The molecule has 1 atom stereocenters. The van der Waals surface area contributed by atoms with Gasteiger partial charge in [-0.3, -0.25) is 4.79 Å². The number of hydrogen-bond acceptors (Lipinski definition) is 5. The highest BCUT2D eigenvalue weighted by Gasteiger charge is 2.35. The Labute approximate surface area is 161 Å². The largest absolute Gasteiger partial charge is 0.334 e. The smallest absolute Gasteiger partial charge is 0.257 e. The highest BCUT2D eigenvalue weighted by atomic mass is 35.5. The molecule has 27 heavy (non-hydrogen) atoms. The summed E-state index contributed by atoms with van der Waals surface area (Å²) in [6.45, 7) is 2.42. The minimum Gasteiger partial charge on any atom is -0.334 e. The number of halogens is 1. The Morgan fingerprint density at radius 1 is 1.26 bits per heavy atom. The van der Waals surface area contributed by atoms with Crippen molar-refractivity contribution in [3.05, 3.63) is 64.4 Å². The monoisotopic (exact) mass is 378 g/mol. The molecule has 134 valence electrons.